The van der Waals surface area contributed by atoms with Crippen LogP contribution in [0.2, 0.25) is 0 Å². The molecule has 0 amide bonds. The van der Waals surface area contributed by atoms with Gasteiger partial charge in [-0.3, -0.25) is 10.1 Å². The molecular weight excluding hydrogens is 278 g/mol. The van der Waals surface area contributed by atoms with Gasteiger partial charge in [-0.2, -0.15) is 0 Å². The van der Waals surface area contributed by atoms with Crippen molar-refractivity contribution in [1.29, 1.82) is 0 Å². The molecule has 0 saturated carbocycles. The van der Waals surface area contributed by atoms with Crippen molar-refractivity contribution in [2.75, 3.05) is 6.54 Å². The second-order valence-electron chi connectivity index (χ2n) is 5.24. The van der Waals surface area contributed by atoms with Crippen LogP contribution in [0.3, 0.4) is 0 Å². The summed E-state index contributed by atoms with van der Waals surface area (Å²) in [6, 6.07) is 0. The first kappa shape index (κ1) is 20.3. The van der Waals surface area contributed by atoms with Crippen molar-refractivity contribution in [2.24, 2.45) is 0 Å². The number of aldehydes is 1. The second kappa shape index (κ2) is 17.3. The highest BCUT2D eigenvalue weighted by Crippen LogP contribution is 2.07. The highest BCUT2D eigenvalue weighted by Gasteiger charge is 1.90. The third kappa shape index (κ3) is 18.3. The first-order valence-corrected chi connectivity index (χ1v) is 8.27. The van der Waals surface area contributed by atoms with E-state index in [1.807, 2.05) is 12.2 Å². The minimum atomic E-state index is -0.295. The molecule has 0 heterocycles. The molecule has 0 spiro atoms. The van der Waals surface area contributed by atoms with Gasteiger partial charge in [0.2, 0.25) is 6.54 Å². The van der Waals surface area contributed by atoms with Gasteiger partial charge in [0.15, 0.2) is 0 Å². The zero-order chi connectivity index (χ0) is 16.3. The van der Waals surface area contributed by atoms with Crippen LogP contribution in [0, 0.1) is 10.1 Å². The van der Waals surface area contributed by atoms with E-state index in [0.29, 0.717) is 12.8 Å². The number of nitrogens with zero attached hydrogens (tertiary/aromatic N) is 1. The van der Waals surface area contributed by atoms with Gasteiger partial charge in [-0.15, -0.1) is 0 Å². The van der Waals surface area contributed by atoms with E-state index >= 15 is 0 Å². The van der Waals surface area contributed by atoms with Gasteiger partial charge in [-0.25, -0.2) is 0 Å². The standard InChI is InChI=1S/C18H29NO3/c20-18-16-14-12-10-8-6-4-2-1-3-5-7-9-11-13-15-17-19(21)22/h1-2,5,7,11,13,18H,3-4,6,8-10,12,14-17H2. The molecule has 0 unspecified atom stereocenters. The van der Waals surface area contributed by atoms with Crippen molar-refractivity contribution >= 4 is 6.29 Å². The Morgan fingerprint density at radius 1 is 0.682 bits per heavy atom. The molecule has 0 aromatic carbocycles. The largest absolute Gasteiger partial charge is 0.303 e. The zero-order valence-corrected chi connectivity index (χ0v) is 13.5. The lowest BCUT2D eigenvalue weighted by Gasteiger charge is -1.97. The Balaban J connectivity index is 3.30. The third-order valence-corrected chi connectivity index (χ3v) is 3.22. The smallest absolute Gasteiger partial charge is 0.207 e. The van der Waals surface area contributed by atoms with Gasteiger partial charge in [-0.1, -0.05) is 55.7 Å². The van der Waals surface area contributed by atoms with Gasteiger partial charge in [0.25, 0.3) is 0 Å². The van der Waals surface area contributed by atoms with Gasteiger partial charge in [-0.05, 0) is 32.1 Å². The molecular formula is C18H29NO3. The van der Waals surface area contributed by atoms with Crippen LogP contribution < -0.4 is 0 Å². The molecule has 124 valence electrons. The van der Waals surface area contributed by atoms with Crippen LogP contribution >= 0.6 is 0 Å². The van der Waals surface area contributed by atoms with Gasteiger partial charge in [0.1, 0.15) is 6.29 Å². The lowest BCUT2D eigenvalue weighted by Crippen LogP contribution is -1.97. The monoisotopic (exact) mass is 307 g/mol. The maximum absolute atomic E-state index is 10.1. The van der Waals surface area contributed by atoms with Crippen molar-refractivity contribution in [3.8, 4) is 0 Å². The van der Waals surface area contributed by atoms with Crippen LogP contribution in [-0.2, 0) is 4.79 Å². The first-order chi connectivity index (χ1) is 10.8. The number of carbonyl (C=O) groups excluding carboxylic acids is 1. The van der Waals surface area contributed by atoms with Crippen LogP contribution in [-0.4, -0.2) is 17.8 Å². The van der Waals surface area contributed by atoms with E-state index in [1.165, 1.54) is 25.7 Å². The Bertz CT molecular complexity index is 359. The Kier molecular flexibility index (Phi) is 16.0. The summed E-state index contributed by atoms with van der Waals surface area (Å²) in [6.45, 7) is 0.0139. The second-order valence-corrected chi connectivity index (χ2v) is 5.24. The van der Waals surface area contributed by atoms with Gasteiger partial charge >= 0.3 is 0 Å². The molecule has 0 atom stereocenters. The Labute approximate surface area is 134 Å². The fraction of sp³-hybridized carbons (Fsp3) is 0.611. The molecule has 0 rings (SSSR count). The molecule has 0 N–H and O–H groups in total. The summed E-state index contributed by atoms with van der Waals surface area (Å²) in [4.78, 5) is 19.9. The summed E-state index contributed by atoms with van der Waals surface area (Å²) < 4.78 is 0. The Morgan fingerprint density at radius 2 is 1.18 bits per heavy atom. The molecule has 0 aliphatic heterocycles. The number of allylic oxidation sites excluding steroid dienone is 5. The average Bonchev–Trinajstić information content (AvgIpc) is 2.50. The molecule has 0 aromatic heterocycles. The van der Waals surface area contributed by atoms with Gasteiger partial charge < -0.3 is 4.79 Å². The lowest BCUT2D eigenvalue weighted by atomic mass is 10.1. The molecule has 0 bridgehead atoms. The lowest BCUT2D eigenvalue weighted by molar-refractivity contribution is -0.478. The van der Waals surface area contributed by atoms with E-state index in [4.69, 9.17) is 0 Å². The van der Waals surface area contributed by atoms with Crippen LogP contribution in [0.15, 0.2) is 36.5 Å². The van der Waals surface area contributed by atoms with E-state index in [2.05, 4.69) is 24.3 Å². The fourth-order valence-electron chi connectivity index (χ4n) is 1.98. The zero-order valence-electron chi connectivity index (χ0n) is 13.5. The molecule has 0 radical (unpaired) electrons. The summed E-state index contributed by atoms with van der Waals surface area (Å²) in [5.41, 5.74) is 0. The molecule has 0 aliphatic carbocycles. The van der Waals surface area contributed by atoms with Crippen molar-refractivity contribution in [1.82, 2.24) is 0 Å². The van der Waals surface area contributed by atoms with Crippen LogP contribution in [0.1, 0.15) is 64.2 Å². The highest BCUT2D eigenvalue weighted by atomic mass is 16.6. The summed E-state index contributed by atoms with van der Waals surface area (Å²) >= 11 is 0. The predicted octanol–water partition coefficient (Wildman–Crippen LogP) is 5.03. The topological polar surface area (TPSA) is 60.2 Å². The summed E-state index contributed by atoms with van der Waals surface area (Å²) in [6.07, 6.45) is 23.5. The van der Waals surface area contributed by atoms with Crippen LogP contribution in [0.25, 0.3) is 0 Å². The SMILES string of the molecule is O=CCCCCCCCC=CCC=CCC=CCC[N+](=O)[O-]. The molecule has 0 aromatic rings. The van der Waals surface area contributed by atoms with Crippen molar-refractivity contribution in [3.05, 3.63) is 46.6 Å². The maximum atomic E-state index is 10.1. The normalized spacial score (nSPS) is 11.8. The number of hydrogen-bond donors (Lipinski definition) is 0. The van der Waals surface area contributed by atoms with E-state index in [0.717, 1.165) is 32.0 Å². The quantitative estimate of drug-likeness (QED) is 0.140. The molecule has 0 fully saturated rings. The Hall–Kier alpha value is -1.71. The molecule has 0 saturated heterocycles. The molecule has 22 heavy (non-hydrogen) atoms. The van der Waals surface area contributed by atoms with Gasteiger partial charge in [0, 0.05) is 17.8 Å². The Morgan fingerprint density at radius 3 is 1.77 bits per heavy atom. The van der Waals surface area contributed by atoms with E-state index in [-0.39, 0.29) is 11.5 Å². The summed E-state index contributed by atoms with van der Waals surface area (Å²) in [5.74, 6) is 0. The minimum absolute atomic E-state index is 0.0139. The van der Waals surface area contributed by atoms with E-state index in [1.54, 1.807) is 0 Å². The highest BCUT2D eigenvalue weighted by molar-refractivity contribution is 5.48. The molecule has 0 aliphatic rings. The predicted molar refractivity (Wildman–Crippen MR) is 91.5 cm³/mol. The van der Waals surface area contributed by atoms with E-state index in [9.17, 15) is 14.9 Å². The molecule has 4 heteroatoms. The van der Waals surface area contributed by atoms with E-state index < -0.39 is 0 Å². The van der Waals surface area contributed by atoms with Crippen LogP contribution in [0.4, 0.5) is 0 Å². The summed E-state index contributed by atoms with van der Waals surface area (Å²) in [7, 11) is 0. The minimum Gasteiger partial charge on any atom is -0.303 e. The number of unbranched alkanes of at least 4 members (excludes halogenated alkanes) is 6. The number of nitro groups is 1. The fourth-order valence-corrected chi connectivity index (χ4v) is 1.98. The first-order valence-electron chi connectivity index (χ1n) is 8.27. The van der Waals surface area contributed by atoms with Crippen molar-refractivity contribution in [3.63, 3.8) is 0 Å². The van der Waals surface area contributed by atoms with Crippen LogP contribution in [0.5, 0.6) is 0 Å². The number of rotatable bonds is 15. The summed E-state index contributed by atoms with van der Waals surface area (Å²) in [5, 5.41) is 10.1. The third-order valence-electron chi connectivity index (χ3n) is 3.22. The average molecular weight is 307 g/mol. The molecule has 4 nitrogen and oxygen atoms in total. The van der Waals surface area contributed by atoms with Crippen molar-refractivity contribution < 1.29 is 9.72 Å². The number of carbonyl (C=O) groups is 1. The van der Waals surface area contributed by atoms with Gasteiger partial charge in [0.05, 0.1) is 0 Å². The number of hydrogen-bond acceptors (Lipinski definition) is 3. The van der Waals surface area contributed by atoms with Crippen molar-refractivity contribution in [2.45, 2.75) is 64.2 Å². The maximum Gasteiger partial charge on any atom is 0.207 e.